The molecule has 0 bridgehead atoms. The van der Waals surface area contributed by atoms with Gasteiger partial charge in [0.1, 0.15) is 6.33 Å². The lowest BCUT2D eigenvalue weighted by atomic mass is 9.96. The largest absolute Gasteiger partial charge is 0.416 e. The third kappa shape index (κ3) is 4.11. The second-order valence-electron chi connectivity index (χ2n) is 6.98. The number of aromatic nitrogens is 4. The summed E-state index contributed by atoms with van der Waals surface area (Å²) in [6, 6.07) is 4.70. The lowest BCUT2D eigenvalue weighted by molar-refractivity contribution is -0.383. The lowest BCUT2D eigenvalue weighted by Crippen LogP contribution is -2.34. The maximum atomic E-state index is 12.9. The summed E-state index contributed by atoms with van der Waals surface area (Å²) in [5.41, 5.74) is 4.68. The minimum Gasteiger partial charge on any atom is -0.378 e. The number of piperidine rings is 1. The number of halogens is 3. The molecule has 13 heteroatoms. The molecule has 1 aromatic carbocycles. The van der Waals surface area contributed by atoms with Gasteiger partial charge < -0.3 is 15.2 Å². The number of hydrogen-bond acceptors (Lipinski definition) is 9. The van der Waals surface area contributed by atoms with E-state index in [0.717, 1.165) is 12.1 Å². The molecule has 0 saturated carbocycles. The van der Waals surface area contributed by atoms with Crippen LogP contribution in [0.1, 0.15) is 30.2 Å². The molecule has 1 saturated heterocycles. The average Bonchev–Trinajstić information content (AvgIpc) is 3.23. The maximum Gasteiger partial charge on any atom is 0.416 e. The van der Waals surface area contributed by atoms with Gasteiger partial charge in [-0.2, -0.15) is 18.2 Å². The quantitative estimate of drug-likeness (QED) is 0.482. The number of nitrogens with zero attached hydrogens (tertiary/aromatic N) is 6. The third-order valence-corrected chi connectivity index (χ3v) is 5.05. The average molecular weight is 435 g/mol. The van der Waals surface area contributed by atoms with Gasteiger partial charge in [0.25, 0.3) is 0 Å². The predicted molar refractivity (Wildman–Crippen MR) is 102 cm³/mol. The molecule has 1 aliphatic heterocycles. The Bertz CT molecular complexity index is 1110. The van der Waals surface area contributed by atoms with Crippen LogP contribution in [-0.4, -0.2) is 38.1 Å². The van der Waals surface area contributed by atoms with Crippen LogP contribution < -0.4 is 10.6 Å². The second-order valence-corrected chi connectivity index (χ2v) is 6.98. The highest BCUT2D eigenvalue weighted by molar-refractivity contribution is 5.68. The van der Waals surface area contributed by atoms with E-state index in [2.05, 4.69) is 20.1 Å². The molecule has 10 nitrogen and oxygen atoms in total. The van der Waals surface area contributed by atoms with E-state index in [1.165, 1.54) is 18.5 Å². The van der Waals surface area contributed by atoms with E-state index in [9.17, 15) is 23.3 Å². The molecule has 162 valence electrons. The van der Waals surface area contributed by atoms with Crippen LogP contribution in [0.2, 0.25) is 0 Å². The summed E-state index contributed by atoms with van der Waals surface area (Å²) < 4.78 is 44.1. The highest BCUT2D eigenvalue weighted by Crippen LogP contribution is 2.36. The number of nitrogen functional groups attached to an aromatic ring is 1. The van der Waals surface area contributed by atoms with E-state index < -0.39 is 16.7 Å². The Morgan fingerprint density at radius 3 is 2.65 bits per heavy atom. The Hall–Kier alpha value is -3.77. The van der Waals surface area contributed by atoms with Crippen LogP contribution in [-0.2, 0) is 6.18 Å². The van der Waals surface area contributed by atoms with Gasteiger partial charge in [-0.05, 0) is 25.0 Å². The van der Waals surface area contributed by atoms with E-state index >= 15 is 0 Å². The lowest BCUT2D eigenvalue weighted by Gasteiger charge is -2.30. The third-order valence-electron chi connectivity index (χ3n) is 5.05. The van der Waals surface area contributed by atoms with E-state index in [-0.39, 0.29) is 34.6 Å². The fraction of sp³-hybridized carbons (Fsp3) is 0.333. The zero-order valence-corrected chi connectivity index (χ0v) is 15.9. The molecule has 0 unspecified atom stereocenters. The summed E-state index contributed by atoms with van der Waals surface area (Å²) in [6.07, 6.45) is -2.23. The van der Waals surface area contributed by atoms with E-state index in [0.29, 0.717) is 31.8 Å². The highest BCUT2D eigenvalue weighted by Gasteiger charge is 2.32. The van der Waals surface area contributed by atoms with Gasteiger partial charge in [-0.1, -0.05) is 17.3 Å². The van der Waals surface area contributed by atoms with E-state index in [1.807, 2.05) is 0 Å². The van der Waals surface area contributed by atoms with Crippen molar-refractivity contribution in [1.82, 2.24) is 20.1 Å². The van der Waals surface area contributed by atoms with Gasteiger partial charge in [-0.15, -0.1) is 0 Å². The smallest absolute Gasteiger partial charge is 0.378 e. The molecule has 0 amide bonds. The molecule has 3 aromatic rings. The first-order chi connectivity index (χ1) is 14.7. The standard InChI is InChI=1S/C18H16F3N7O3/c19-18(20,21)12-3-1-2-11(8-12)15-25-17(31-26-15)10-4-6-27(7-5-10)16-13(28(29)30)14(22)23-9-24-16/h1-3,8-10H,4-7H2,(H2,22,23,24). The normalized spacial score (nSPS) is 15.3. The second kappa shape index (κ2) is 7.81. The molecule has 4 rings (SSSR count). The van der Waals surface area contributed by atoms with Gasteiger partial charge in [0, 0.05) is 24.6 Å². The van der Waals surface area contributed by atoms with Crippen molar-refractivity contribution in [3.63, 3.8) is 0 Å². The zero-order valence-electron chi connectivity index (χ0n) is 15.9. The molecule has 2 N–H and O–H groups in total. The number of nitro groups is 1. The van der Waals surface area contributed by atoms with Gasteiger partial charge >= 0.3 is 11.9 Å². The van der Waals surface area contributed by atoms with Crippen LogP contribution in [0.5, 0.6) is 0 Å². The number of alkyl halides is 3. The summed E-state index contributed by atoms with van der Waals surface area (Å²) in [7, 11) is 0. The van der Waals surface area contributed by atoms with E-state index in [1.54, 1.807) is 4.90 Å². The summed E-state index contributed by atoms with van der Waals surface area (Å²) in [6.45, 7) is 0.840. The van der Waals surface area contributed by atoms with Crippen LogP contribution in [0.4, 0.5) is 30.5 Å². The summed E-state index contributed by atoms with van der Waals surface area (Å²) in [5.74, 6) is 0.180. The van der Waals surface area contributed by atoms with Crippen LogP contribution in [0.3, 0.4) is 0 Å². The monoisotopic (exact) mass is 435 g/mol. The first-order valence-corrected chi connectivity index (χ1v) is 9.25. The highest BCUT2D eigenvalue weighted by atomic mass is 19.4. The number of anilines is 2. The Balaban J connectivity index is 1.49. The van der Waals surface area contributed by atoms with Gasteiger partial charge in [0.15, 0.2) is 0 Å². The van der Waals surface area contributed by atoms with Crippen LogP contribution in [0, 0.1) is 10.1 Å². The van der Waals surface area contributed by atoms with Gasteiger partial charge in [-0.25, -0.2) is 9.97 Å². The van der Waals surface area contributed by atoms with Gasteiger partial charge in [0.05, 0.1) is 10.5 Å². The number of benzene rings is 1. The van der Waals surface area contributed by atoms with Crippen molar-refractivity contribution < 1.29 is 22.6 Å². The number of nitrogens with two attached hydrogens (primary N) is 1. The molecule has 1 fully saturated rings. The SMILES string of the molecule is Nc1ncnc(N2CCC(c3nc(-c4cccc(C(F)(F)F)c4)no3)CC2)c1[N+](=O)[O-]. The van der Waals surface area contributed by atoms with Crippen LogP contribution >= 0.6 is 0 Å². The summed E-state index contributed by atoms with van der Waals surface area (Å²) >= 11 is 0. The molecule has 3 heterocycles. The Labute approximate surface area is 173 Å². The van der Waals surface area contributed by atoms with Gasteiger partial charge in [-0.3, -0.25) is 10.1 Å². The van der Waals surface area contributed by atoms with Crippen molar-refractivity contribution in [2.45, 2.75) is 24.9 Å². The molecule has 0 aliphatic carbocycles. The van der Waals surface area contributed by atoms with Crippen LogP contribution in [0.25, 0.3) is 11.4 Å². The topological polar surface area (TPSA) is 137 Å². The maximum absolute atomic E-state index is 12.9. The Morgan fingerprint density at radius 1 is 1.23 bits per heavy atom. The van der Waals surface area contributed by atoms with Crippen molar-refractivity contribution in [3.8, 4) is 11.4 Å². The molecule has 31 heavy (non-hydrogen) atoms. The summed E-state index contributed by atoms with van der Waals surface area (Å²) in [5, 5.41) is 15.1. The fourth-order valence-electron chi connectivity index (χ4n) is 3.48. The number of rotatable bonds is 4. The summed E-state index contributed by atoms with van der Waals surface area (Å²) in [4.78, 5) is 24.4. The van der Waals surface area contributed by atoms with Crippen molar-refractivity contribution in [2.75, 3.05) is 23.7 Å². The van der Waals surface area contributed by atoms with E-state index in [4.69, 9.17) is 10.3 Å². The molecule has 1 aliphatic rings. The first-order valence-electron chi connectivity index (χ1n) is 9.25. The minimum atomic E-state index is -4.47. The Morgan fingerprint density at radius 2 is 1.97 bits per heavy atom. The fourth-order valence-corrected chi connectivity index (χ4v) is 3.48. The number of hydrogen-bond donors (Lipinski definition) is 1. The molecular formula is C18H16F3N7O3. The minimum absolute atomic E-state index is 0.0720. The molecule has 0 radical (unpaired) electrons. The van der Waals surface area contributed by atoms with Crippen molar-refractivity contribution in [2.24, 2.45) is 0 Å². The van der Waals surface area contributed by atoms with Crippen molar-refractivity contribution in [3.05, 3.63) is 52.2 Å². The predicted octanol–water partition coefficient (Wildman–Crippen LogP) is 3.42. The van der Waals surface area contributed by atoms with Crippen molar-refractivity contribution in [1.29, 1.82) is 0 Å². The van der Waals surface area contributed by atoms with Gasteiger partial charge in [0.2, 0.25) is 23.4 Å². The first kappa shape index (κ1) is 20.5. The van der Waals surface area contributed by atoms with Crippen LogP contribution in [0.15, 0.2) is 35.1 Å². The zero-order chi connectivity index (χ0) is 22.2. The van der Waals surface area contributed by atoms with Crippen molar-refractivity contribution >= 4 is 17.3 Å². The molecule has 0 spiro atoms. The molecule has 2 aromatic heterocycles. The molecular weight excluding hydrogens is 419 g/mol. The Kier molecular flexibility index (Phi) is 5.17. The molecule has 0 atom stereocenters.